The number of rotatable bonds is 2. The number of para-hydroxylation sites is 1. The molecule has 0 spiro atoms. The van der Waals surface area contributed by atoms with Crippen molar-refractivity contribution in [3.63, 3.8) is 0 Å². The molecule has 3 nitrogen and oxygen atoms in total. The van der Waals surface area contributed by atoms with E-state index in [-0.39, 0.29) is 11.5 Å². The Morgan fingerprint density at radius 3 is 2.68 bits per heavy atom. The van der Waals surface area contributed by atoms with Gasteiger partial charge in [0.25, 0.3) is 0 Å². The number of pyridine rings is 1. The second-order valence-corrected chi connectivity index (χ2v) is 5.73. The van der Waals surface area contributed by atoms with E-state index in [0.717, 1.165) is 9.86 Å². The number of hydrogen-bond acceptors (Lipinski definition) is 3. The predicted molar refractivity (Wildman–Crippen MR) is 79.3 cm³/mol. The van der Waals surface area contributed by atoms with Gasteiger partial charge in [0.15, 0.2) is 5.76 Å². The van der Waals surface area contributed by atoms with Crippen molar-refractivity contribution in [2.24, 2.45) is 0 Å². The number of aromatic nitrogens is 1. The maximum atomic E-state index is 12.3. The van der Waals surface area contributed by atoms with Crippen molar-refractivity contribution >= 4 is 48.6 Å². The van der Waals surface area contributed by atoms with Gasteiger partial charge in [0.05, 0.1) is 0 Å². The standard InChI is InChI=1S/C14H7Br2NO2/c15-9-6-10(16)13(17-7-9)14(18)12-5-8-3-1-2-4-11(8)19-12/h1-7H. The van der Waals surface area contributed by atoms with Gasteiger partial charge in [0, 0.05) is 20.5 Å². The molecular weight excluding hydrogens is 374 g/mol. The van der Waals surface area contributed by atoms with Crippen molar-refractivity contribution in [2.45, 2.75) is 0 Å². The van der Waals surface area contributed by atoms with Gasteiger partial charge in [0.2, 0.25) is 5.78 Å². The summed E-state index contributed by atoms with van der Waals surface area (Å²) in [6, 6.07) is 11.0. The van der Waals surface area contributed by atoms with E-state index >= 15 is 0 Å². The van der Waals surface area contributed by atoms with Crippen LogP contribution >= 0.6 is 31.9 Å². The SMILES string of the molecule is O=C(c1cc2ccccc2o1)c1ncc(Br)cc1Br. The molecule has 0 unspecified atom stereocenters. The Morgan fingerprint density at radius 1 is 1.16 bits per heavy atom. The summed E-state index contributed by atoms with van der Waals surface area (Å²) < 4.78 is 6.99. The predicted octanol–water partition coefficient (Wildman–Crippen LogP) is 4.58. The van der Waals surface area contributed by atoms with Crippen molar-refractivity contribution in [3.05, 3.63) is 63.0 Å². The topological polar surface area (TPSA) is 43.1 Å². The zero-order valence-corrected chi connectivity index (χ0v) is 12.7. The first-order valence-electron chi connectivity index (χ1n) is 5.49. The Labute approximate surface area is 125 Å². The average molecular weight is 381 g/mol. The van der Waals surface area contributed by atoms with Crippen LogP contribution in [-0.2, 0) is 0 Å². The summed E-state index contributed by atoms with van der Waals surface area (Å²) in [5.41, 5.74) is 1.03. The summed E-state index contributed by atoms with van der Waals surface area (Å²) >= 11 is 6.64. The fourth-order valence-corrected chi connectivity index (χ4v) is 2.96. The Hall–Kier alpha value is -1.46. The molecule has 3 rings (SSSR count). The number of furan rings is 1. The lowest BCUT2D eigenvalue weighted by Gasteiger charge is -2.00. The first-order chi connectivity index (χ1) is 9.15. The number of hydrogen-bond donors (Lipinski definition) is 0. The van der Waals surface area contributed by atoms with Gasteiger partial charge in [-0.3, -0.25) is 9.78 Å². The molecule has 94 valence electrons. The summed E-state index contributed by atoms with van der Waals surface area (Å²) in [5, 5.41) is 0.902. The summed E-state index contributed by atoms with van der Waals surface area (Å²) in [6.45, 7) is 0. The molecule has 0 aliphatic heterocycles. The van der Waals surface area contributed by atoms with Gasteiger partial charge in [-0.15, -0.1) is 0 Å². The van der Waals surface area contributed by atoms with Gasteiger partial charge in [-0.05, 0) is 50.1 Å². The van der Waals surface area contributed by atoms with Crippen LogP contribution in [0, 0.1) is 0 Å². The average Bonchev–Trinajstić information content (AvgIpc) is 2.81. The molecule has 0 saturated heterocycles. The maximum absolute atomic E-state index is 12.3. The molecule has 2 heterocycles. The van der Waals surface area contributed by atoms with E-state index in [9.17, 15) is 4.79 Å². The van der Waals surface area contributed by atoms with Gasteiger partial charge in [-0.25, -0.2) is 0 Å². The number of ketones is 1. The molecule has 5 heteroatoms. The molecule has 0 aliphatic rings. The third kappa shape index (κ3) is 2.35. The number of carbonyl (C=O) groups is 1. The fourth-order valence-electron chi connectivity index (χ4n) is 1.79. The van der Waals surface area contributed by atoms with Crippen LogP contribution in [0.2, 0.25) is 0 Å². The molecule has 2 aromatic heterocycles. The fraction of sp³-hybridized carbons (Fsp3) is 0. The number of benzene rings is 1. The molecule has 0 fully saturated rings. The Balaban J connectivity index is 2.08. The van der Waals surface area contributed by atoms with E-state index in [2.05, 4.69) is 36.8 Å². The minimum absolute atomic E-state index is 0.240. The lowest BCUT2D eigenvalue weighted by Crippen LogP contribution is -2.03. The zero-order chi connectivity index (χ0) is 13.4. The molecule has 0 amide bonds. The molecular formula is C14H7Br2NO2. The van der Waals surface area contributed by atoms with E-state index in [1.807, 2.05) is 24.3 Å². The molecule has 0 N–H and O–H groups in total. The van der Waals surface area contributed by atoms with Crippen molar-refractivity contribution in [1.82, 2.24) is 4.98 Å². The van der Waals surface area contributed by atoms with Crippen LogP contribution in [0.5, 0.6) is 0 Å². The highest BCUT2D eigenvalue weighted by atomic mass is 79.9. The van der Waals surface area contributed by atoms with Crippen LogP contribution in [0.1, 0.15) is 16.2 Å². The molecule has 19 heavy (non-hydrogen) atoms. The summed E-state index contributed by atoms with van der Waals surface area (Å²) in [7, 11) is 0. The molecule has 0 radical (unpaired) electrons. The maximum Gasteiger partial charge on any atom is 0.247 e. The summed E-state index contributed by atoms with van der Waals surface area (Å²) in [6.07, 6.45) is 1.58. The Bertz CT molecular complexity index is 747. The smallest absolute Gasteiger partial charge is 0.247 e. The van der Waals surface area contributed by atoms with Crippen LogP contribution in [0.3, 0.4) is 0 Å². The largest absolute Gasteiger partial charge is 0.453 e. The third-order valence-corrected chi connectivity index (χ3v) is 3.71. The number of halogens is 2. The third-order valence-electron chi connectivity index (χ3n) is 2.67. The van der Waals surface area contributed by atoms with E-state index in [1.54, 1.807) is 18.3 Å². The molecule has 0 aliphatic carbocycles. The normalized spacial score (nSPS) is 10.8. The molecule has 0 bridgehead atoms. The van der Waals surface area contributed by atoms with Crippen LogP contribution in [0.4, 0.5) is 0 Å². The van der Waals surface area contributed by atoms with Gasteiger partial charge in [0.1, 0.15) is 11.3 Å². The minimum atomic E-state index is -0.240. The van der Waals surface area contributed by atoms with Gasteiger partial charge >= 0.3 is 0 Å². The first kappa shape index (κ1) is 12.6. The van der Waals surface area contributed by atoms with Crippen molar-refractivity contribution in [1.29, 1.82) is 0 Å². The second kappa shape index (κ2) is 4.90. The zero-order valence-electron chi connectivity index (χ0n) is 9.56. The number of nitrogens with zero attached hydrogens (tertiary/aromatic N) is 1. The number of fused-ring (bicyclic) bond motifs is 1. The van der Waals surface area contributed by atoms with Crippen molar-refractivity contribution < 1.29 is 9.21 Å². The van der Waals surface area contributed by atoms with Crippen LogP contribution in [-0.4, -0.2) is 10.8 Å². The molecule has 0 atom stereocenters. The van der Waals surface area contributed by atoms with Gasteiger partial charge in [-0.1, -0.05) is 18.2 Å². The monoisotopic (exact) mass is 379 g/mol. The highest BCUT2D eigenvalue weighted by Crippen LogP contribution is 2.25. The number of carbonyl (C=O) groups excluding carboxylic acids is 1. The van der Waals surface area contributed by atoms with E-state index < -0.39 is 0 Å². The lowest BCUT2D eigenvalue weighted by molar-refractivity contribution is 0.101. The minimum Gasteiger partial charge on any atom is -0.453 e. The first-order valence-corrected chi connectivity index (χ1v) is 7.08. The molecule has 3 aromatic rings. The van der Waals surface area contributed by atoms with Gasteiger partial charge < -0.3 is 4.42 Å². The van der Waals surface area contributed by atoms with E-state index in [4.69, 9.17) is 4.42 Å². The summed E-state index contributed by atoms with van der Waals surface area (Å²) in [5.74, 6) is 0.0484. The lowest BCUT2D eigenvalue weighted by atomic mass is 10.2. The van der Waals surface area contributed by atoms with Gasteiger partial charge in [-0.2, -0.15) is 0 Å². The van der Waals surface area contributed by atoms with Crippen molar-refractivity contribution in [2.75, 3.05) is 0 Å². The highest BCUT2D eigenvalue weighted by Gasteiger charge is 2.18. The molecule has 1 aromatic carbocycles. The second-order valence-electron chi connectivity index (χ2n) is 3.96. The van der Waals surface area contributed by atoms with E-state index in [1.165, 1.54) is 0 Å². The Morgan fingerprint density at radius 2 is 1.95 bits per heavy atom. The highest BCUT2D eigenvalue weighted by molar-refractivity contribution is 9.11. The van der Waals surface area contributed by atoms with Crippen LogP contribution < -0.4 is 0 Å². The molecule has 0 saturated carbocycles. The van der Waals surface area contributed by atoms with Crippen LogP contribution in [0.25, 0.3) is 11.0 Å². The summed E-state index contributed by atoms with van der Waals surface area (Å²) in [4.78, 5) is 16.5. The Kier molecular flexibility index (Phi) is 3.24. The van der Waals surface area contributed by atoms with Crippen LogP contribution in [0.15, 0.2) is 56.0 Å². The quantitative estimate of drug-likeness (QED) is 0.611. The van der Waals surface area contributed by atoms with Crippen molar-refractivity contribution in [3.8, 4) is 0 Å². The van der Waals surface area contributed by atoms with E-state index in [0.29, 0.717) is 15.7 Å².